The van der Waals surface area contributed by atoms with Crippen molar-refractivity contribution in [2.24, 2.45) is 7.05 Å². The lowest BCUT2D eigenvalue weighted by molar-refractivity contribution is 0.244. The third-order valence-corrected chi connectivity index (χ3v) is 5.78. The Balaban J connectivity index is 1.36. The molecule has 1 atom stereocenters. The van der Waals surface area contributed by atoms with Crippen molar-refractivity contribution in [3.8, 4) is 22.8 Å². The fourth-order valence-corrected chi connectivity index (χ4v) is 4.34. The molecule has 1 fully saturated rings. The first-order chi connectivity index (χ1) is 15.3. The second kappa shape index (κ2) is 8.74. The molecule has 5 nitrogen and oxygen atoms in total. The van der Waals surface area contributed by atoms with Gasteiger partial charge in [0.2, 0.25) is 0 Å². The highest BCUT2D eigenvalue weighted by Crippen LogP contribution is 2.34. The maximum absolute atomic E-state index is 5.93. The highest BCUT2D eigenvalue weighted by Gasteiger charge is 2.28. The molecule has 0 bridgehead atoms. The molecule has 1 saturated heterocycles. The molecule has 31 heavy (non-hydrogen) atoms. The van der Waals surface area contributed by atoms with Crippen LogP contribution in [-0.4, -0.2) is 26.2 Å². The van der Waals surface area contributed by atoms with Gasteiger partial charge in [0.05, 0.1) is 17.4 Å². The molecule has 0 N–H and O–H groups in total. The van der Waals surface area contributed by atoms with Crippen LogP contribution in [0.4, 0.5) is 0 Å². The highest BCUT2D eigenvalue weighted by atomic mass is 16.5. The van der Waals surface area contributed by atoms with Crippen molar-refractivity contribution in [2.45, 2.75) is 25.4 Å². The number of hydrogen-bond donors (Lipinski definition) is 0. The van der Waals surface area contributed by atoms with Crippen LogP contribution in [0.2, 0.25) is 0 Å². The van der Waals surface area contributed by atoms with Gasteiger partial charge in [0.25, 0.3) is 0 Å². The van der Waals surface area contributed by atoms with Crippen molar-refractivity contribution >= 4 is 0 Å². The molecule has 2 aromatic heterocycles. The fourth-order valence-electron chi connectivity index (χ4n) is 4.34. The number of pyridine rings is 1. The van der Waals surface area contributed by atoms with Gasteiger partial charge in [0, 0.05) is 37.1 Å². The summed E-state index contributed by atoms with van der Waals surface area (Å²) < 4.78 is 7.84. The lowest BCUT2D eigenvalue weighted by Crippen LogP contribution is -2.23. The fraction of sp³-hybridized carbons (Fsp3) is 0.231. The van der Waals surface area contributed by atoms with Crippen molar-refractivity contribution in [3.05, 3.63) is 96.4 Å². The monoisotopic (exact) mass is 410 g/mol. The minimum atomic E-state index is 0.371. The molecule has 0 amide bonds. The molecular weight excluding hydrogens is 384 g/mol. The second-order valence-electron chi connectivity index (χ2n) is 8.00. The van der Waals surface area contributed by atoms with E-state index in [0.29, 0.717) is 6.04 Å². The molecule has 0 saturated carbocycles. The van der Waals surface area contributed by atoms with Gasteiger partial charge in [-0.15, -0.1) is 0 Å². The molecular formula is C26H26N4O. The van der Waals surface area contributed by atoms with Gasteiger partial charge >= 0.3 is 0 Å². The molecule has 4 aromatic rings. The van der Waals surface area contributed by atoms with Gasteiger partial charge in [-0.05, 0) is 67.9 Å². The van der Waals surface area contributed by atoms with Crippen molar-refractivity contribution in [1.82, 2.24) is 19.7 Å². The number of para-hydroxylation sites is 1. The van der Waals surface area contributed by atoms with Gasteiger partial charge < -0.3 is 4.74 Å². The van der Waals surface area contributed by atoms with Gasteiger partial charge in [-0.25, -0.2) is 0 Å². The number of likely N-dealkylation sites (tertiary alicyclic amines) is 1. The molecule has 5 rings (SSSR count). The van der Waals surface area contributed by atoms with Crippen LogP contribution in [0, 0.1) is 0 Å². The molecule has 0 unspecified atom stereocenters. The first-order valence-corrected chi connectivity index (χ1v) is 10.8. The molecule has 0 radical (unpaired) electrons. The van der Waals surface area contributed by atoms with Crippen molar-refractivity contribution < 1.29 is 4.74 Å². The van der Waals surface area contributed by atoms with Crippen LogP contribution in [0.25, 0.3) is 11.3 Å². The number of aromatic nitrogens is 3. The number of nitrogens with zero attached hydrogens (tertiary/aromatic N) is 4. The summed E-state index contributed by atoms with van der Waals surface area (Å²) in [5.41, 5.74) is 4.53. The Bertz CT molecular complexity index is 1120. The number of hydrogen-bond acceptors (Lipinski definition) is 4. The minimum absolute atomic E-state index is 0.371. The average Bonchev–Trinajstić information content (AvgIpc) is 3.42. The van der Waals surface area contributed by atoms with Crippen LogP contribution in [0.5, 0.6) is 11.5 Å². The summed E-state index contributed by atoms with van der Waals surface area (Å²) in [6, 6.07) is 24.6. The van der Waals surface area contributed by atoms with Crippen molar-refractivity contribution in [3.63, 3.8) is 0 Å². The second-order valence-corrected chi connectivity index (χ2v) is 8.00. The van der Waals surface area contributed by atoms with Crippen LogP contribution in [0.3, 0.4) is 0 Å². The van der Waals surface area contributed by atoms with Crippen molar-refractivity contribution in [1.29, 1.82) is 0 Å². The lowest BCUT2D eigenvalue weighted by Gasteiger charge is -2.23. The van der Waals surface area contributed by atoms with Crippen LogP contribution in [-0.2, 0) is 13.6 Å². The Morgan fingerprint density at radius 3 is 2.48 bits per heavy atom. The van der Waals surface area contributed by atoms with Crippen molar-refractivity contribution in [2.75, 3.05) is 6.54 Å². The SMILES string of the molecule is Cn1cc(CN2CCC[C@H]2c2ccccn2)c(-c2ccc(Oc3ccccc3)cc2)n1. The topological polar surface area (TPSA) is 43.2 Å². The standard InChI is InChI=1S/C26H26N4O/c1-29-18-21(19-30-17-7-11-25(30)24-10-5-6-16-27-24)26(28-29)20-12-14-23(15-13-20)31-22-8-3-2-4-9-22/h2-6,8-10,12-16,18,25H,7,11,17,19H2,1H3/t25-/m0/s1. The van der Waals surface area contributed by atoms with E-state index in [2.05, 4.69) is 40.3 Å². The average molecular weight is 411 g/mol. The van der Waals surface area contributed by atoms with Gasteiger partial charge in [-0.1, -0.05) is 24.3 Å². The molecule has 0 aliphatic carbocycles. The Hall–Kier alpha value is -3.44. The van der Waals surface area contributed by atoms with E-state index in [1.807, 2.05) is 66.5 Å². The molecule has 2 aromatic carbocycles. The summed E-state index contributed by atoms with van der Waals surface area (Å²) in [6.45, 7) is 1.95. The largest absolute Gasteiger partial charge is 0.457 e. The van der Waals surface area contributed by atoms with Crippen LogP contribution in [0.1, 0.15) is 30.1 Å². The lowest BCUT2D eigenvalue weighted by atomic mass is 10.1. The van der Waals surface area contributed by atoms with E-state index in [4.69, 9.17) is 9.84 Å². The van der Waals surface area contributed by atoms with Gasteiger partial charge in [-0.3, -0.25) is 14.6 Å². The summed E-state index contributed by atoms with van der Waals surface area (Å²) in [4.78, 5) is 7.13. The molecule has 1 aliphatic heterocycles. The zero-order valence-electron chi connectivity index (χ0n) is 17.7. The molecule has 3 heterocycles. The van der Waals surface area contributed by atoms with Gasteiger partial charge in [0.15, 0.2) is 0 Å². The summed E-state index contributed by atoms with van der Waals surface area (Å²) in [5.74, 6) is 1.66. The third-order valence-electron chi connectivity index (χ3n) is 5.78. The zero-order chi connectivity index (χ0) is 21.0. The molecule has 156 valence electrons. The Morgan fingerprint density at radius 2 is 1.71 bits per heavy atom. The first kappa shape index (κ1) is 19.5. The van der Waals surface area contributed by atoms with E-state index < -0.39 is 0 Å². The Morgan fingerprint density at radius 1 is 0.935 bits per heavy atom. The number of rotatable bonds is 6. The van der Waals surface area contributed by atoms with E-state index >= 15 is 0 Å². The van der Waals surface area contributed by atoms with Gasteiger partial charge in [0.1, 0.15) is 11.5 Å². The number of benzene rings is 2. The zero-order valence-corrected chi connectivity index (χ0v) is 17.7. The molecule has 1 aliphatic rings. The van der Waals surface area contributed by atoms with Crippen LogP contribution >= 0.6 is 0 Å². The predicted octanol–water partition coefficient (Wildman–Crippen LogP) is 5.61. The van der Waals surface area contributed by atoms with Crippen LogP contribution in [0.15, 0.2) is 85.2 Å². The van der Waals surface area contributed by atoms with E-state index in [1.54, 1.807) is 0 Å². The molecule has 0 spiro atoms. The predicted molar refractivity (Wildman–Crippen MR) is 122 cm³/mol. The summed E-state index contributed by atoms with van der Waals surface area (Å²) in [7, 11) is 1.99. The van der Waals surface area contributed by atoms with E-state index in [1.165, 1.54) is 12.0 Å². The minimum Gasteiger partial charge on any atom is -0.457 e. The van der Waals surface area contributed by atoms with E-state index in [-0.39, 0.29) is 0 Å². The number of ether oxygens (including phenoxy) is 1. The summed E-state index contributed by atoms with van der Waals surface area (Å²) >= 11 is 0. The first-order valence-electron chi connectivity index (χ1n) is 10.8. The van der Waals surface area contributed by atoms with E-state index in [9.17, 15) is 0 Å². The highest BCUT2D eigenvalue weighted by molar-refractivity contribution is 5.63. The van der Waals surface area contributed by atoms with E-state index in [0.717, 1.165) is 48.0 Å². The maximum atomic E-state index is 5.93. The third kappa shape index (κ3) is 4.37. The maximum Gasteiger partial charge on any atom is 0.127 e. The smallest absolute Gasteiger partial charge is 0.127 e. The quantitative estimate of drug-likeness (QED) is 0.414. The van der Waals surface area contributed by atoms with Crippen LogP contribution < -0.4 is 4.74 Å². The summed E-state index contributed by atoms with van der Waals surface area (Å²) in [6.07, 6.45) is 6.37. The number of aryl methyl sites for hydroxylation is 1. The normalized spacial score (nSPS) is 16.5. The molecule has 5 heteroatoms. The Kier molecular flexibility index (Phi) is 5.50. The van der Waals surface area contributed by atoms with Gasteiger partial charge in [-0.2, -0.15) is 5.10 Å². The summed E-state index contributed by atoms with van der Waals surface area (Å²) in [5, 5.41) is 4.77. The Labute approximate surface area is 182 Å².